The van der Waals surface area contributed by atoms with E-state index in [0.717, 1.165) is 18.2 Å². The third-order valence-corrected chi connectivity index (χ3v) is 5.00. The van der Waals surface area contributed by atoms with Gasteiger partial charge in [0, 0.05) is 23.8 Å². The predicted molar refractivity (Wildman–Crippen MR) is 79.4 cm³/mol. The number of nitrogens with zero attached hydrogens (tertiary/aromatic N) is 1. The Morgan fingerprint density at radius 1 is 1.20 bits per heavy atom. The van der Waals surface area contributed by atoms with Gasteiger partial charge in [0.1, 0.15) is 5.82 Å². The molecule has 2 nitrogen and oxygen atoms in total. The summed E-state index contributed by atoms with van der Waals surface area (Å²) in [6.45, 7) is 2.65. The number of hydrogen-bond acceptors (Lipinski definition) is 2. The third kappa shape index (κ3) is 2.44. The number of benzene rings is 1. The van der Waals surface area contributed by atoms with Crippen LogP contribution >= 0.6 is 0 Å². The molecule has 0 amide bonds. The van der Waals surface area contributed by atoms with Gasteiger partial charge in [-0.2, -0.15) is 0 Å². The van der Waals surface area contributed by atoms with E-state index in [9.17, 15) is 9.50 Å². The van der Waals surface area contributed by atoms with E-state index in [-0.39, 0.29) is 5.82 Å². The second kappa shape index (κ2) is 5.72. The van der Waals surface area contributed by atoms with Crippen LogP contribution < -0.4 is 4.90 Å². The van der Waals surface area contributed by atoms with Crippen LogP contribution in [0, 0.1) is 11.7 Å². The van der Waals surface area contributed by atoms with Gasteiger partial charge in [-0.05, 0) is 50.7 Å². The zero-order valence-corrected chi connectivity index (χ0v) is 12.2. The molecule has 1 N–H and O–H groups in total. The molecule has 1 aliphatic carbocycles. The summed E-state index contributed by atoms with van der Waals surface area (Å²) >= 11 is 0. The first-order valence-corrected chi connectivity index (χ1v) is 7.91. The smallest absolute Gasteiger partial charge is 0.131 e. The third-order valence-electron chi connectivity index (χ3n) is 5.00. The van der Waals surface area contributed by atoms with E-state index in [1.54, 1.807) is 13.0 Å². The molecule has 0 spiro atoms. The van der Waals surface area contributed by atoms with Crippen molar-refractivity contribution >= 4 is 5.69 Å². The first-order valence-electron chi connectivity index (χ1n) is 7.91. The second-order valence-electron chi connectivity index (χ2n) is 6.30. The van der Waals surface area contributed by atoms with Gasteiger partial charge < -0.3 is 10.0 Å². The number of aliphatic hydroxyl groups is 1. The van der Waals surface area contributed by atoms with Gasteiger partial charge in [-0.1, -0.05) is 18.9 Å². The molecule has 1 aromatic rings. The Kier molecular flexibility index (Phi) is 3.97. The quantitative estimate of drug-likeness (QED) is 0.882. The maximum atomic E-state index is 14.1. The summed E-state index contributed by atoms with van der Waals surface area (Å²) in [5, 5.41) is 9.95. The standard InChI is InChI=1S/C17H24FNO/c1-12(20)17-14(18)8-4-10-16(17)19-11-5-7-13-6-2-3-9-15(13)19/h4,8,10,12-13,15,20H,2-3,5-7,9,11H2,1H3. The lowest BCUT2D eigenvalue weighted by molar-refractivity contribution is 0.192. The summed E-state index contributed by atoms with van der Waals surface area (Å²) in [5.41, 5.74) is 1.38. The minimum atomic E-state index is -0.754. The molecule has 1 saturated heterocycles. The molecule has 2 fully saturated rings. The molecule has 3 unspecified atom stereocenters. The van der Waals surface area contributed by atoms with Gasteiger partial charge >= 0.3 is 0 Å². The fourth-order valence-electron chi connectivity index (χ4n) is 4.11. The molecule has 0 bridgehead atoms. The van der Waals surface area contributed by atoms with E-state index >= 15 is 0 Å². The van der Waals surface area contributed by atoms with E-state index in [0.29, 0.717) is 11.6 Å². The molecule has 3 heteroatoms. The van der Waals surface area contributed by atoms with Gasteiger partial charge in [-0.3, -0.25) is 0 Å². The van der Waals surface area contributed by atoms with Gasteiger partial charge in [0.05, 0.1) is 6.10 Å². The van der Waals surface area contributed by atoms with E-state index < -0.39 is 6.10 Å². The number of hydrogen-bond donors (Lipinski definition) is 1. The van der Waals surface area contributed by atoms with E-state index in [2.05, 4.69) is 4.90 Å². The Morgan fingerprint density at radius 2 is 1.95 bits per heavy atom. The molecule has 20 heavy (non-hydrogen) atoms. The number of fused-ring (bicyclic) bond motifs is 1. The molecule has 1 saturated carbocycles. The lowest BCUT2D eigenvalue weighted by Gasteiger charge is -2.46. The molecule has 2 aliphatic rings. The second-order valence-corrected chi connectivity index (χ2v) is 6.30. The Balaban J connectivity index is 1.97. The van der Waals surface area contributed by atoms with Crippen LogP contribution in [0.1, 0.15) is 57.1 Å². The van der Waals surface area contributed by atoms with Crippen molar-refractivity contribution in [2.75, 3.05) is 11.4 Å². The number of piperidine rings is 1. The largest absolute Gasteiger partial charge is 0.389 e. The Morgan fingerprint density at radius 3 is 2.75 bits per heavy atom. The highest BCUT2D eigenvalue weighted by Crippen LogP contribution is 2.40. The summed E-state index contributed by atoms with van der Waals surface area (Å²) < 4.78 is 14.1. The minimum absolute atomic E-state index is 0.282. The van der Waals surface area contributed by atoms with Gasteiger partial charge in [-0.15, -0.1) is 0 Å². The summed E-state index contributed by atoms with van der Waals surface area (Å²) in [6.07, 6.45) is 6.85. The van der Waals surface area contributed by atoms with Crippen LogP contribution in [0.4, 0.5) is 10.1 Å². The number of aliphatic hydroxyl groups excluding tert-OH is 1. The molecular formula is C17H24FNO. The van der Waals surface area contributed by atoms with Crippen molar-refractivity contribution in [2.45, 2.75) is 57.6 Å². The average molecular weight is 277 g/mol. The molecule has 1 aliphatic heterocycles. The SMILES string of the molecule is CC(O)c1c(F)cccc1N1CCCC2CCCCC21. The summed E-state index contributed by atoms with van der Waals surface area (Å²) in [6, 6.07) is 5.73. The Hall–Kier alpha value is -1.09. The van der Waals surface area contributed by atoms with Crippen molar-refractivity contribution in [3.8, 4) is 0 Å². The molecular weight excluding hydrogens is 253 g/mol. The Bertz CT molecular complexity index is 472. The maximum Gasteiger partial charge on any atom is 0.131 e. The van der Waals surface area contributed by atoms with Crippen LogP contribution in [0.15, 0.2) is 18.2 Å². The Labute approximate surface area is 120 Å². The molecule has 3 rings (SSSR count). The summed E-state index contributed by atoms with van der Waals surface area (Å²) in [5.74, 6) is 0.470. The number of rotatable bonds is 2. The number of halogens is 1. The maximum absolute atomic E-state index is 14.1. The summed E-state index contributed by atoms with van der Waals surface area (Å²) in [4.78, 5) is 2.37. The van der Waals surface area contributed by atoms with Crippen LogP contribution in [-0.4, -0.2) is 17.7 Å². The van der Waals surface area contributed by atoms with E-state index in [4.69, 9.17) is 0 Å². The molecule has 0 aromatic heterocycles. The number of anilines is 1. The topological polar surface area (TPSA) is 23.5 Å². The minimum Gasteiger partial charge on any atom is -0.389 e. The van der Waals surface area contributed by atoms with Crippen LogP contribution in [0.5, 0.6) is 0 Å². The van der Waals surface area contributed by atoms with Crippen molar-refractivity contribution in [3.63, 3.8) is 0 Å². The van der Waals surface area contributed by atoms with E-state index in [1.165, 1.54) is 44.6 Å². The van der Waals surface area contributed by atoms with Gasteiger partial charge in [0.15, 0.2) is 0 Å². The van der Waals surface area contributed by atoms with Crippen LogP contribution in [-0.2, 0) is 0 Å². The van der Waals surface area contributed by atoms with Crippen LogP contribution in [0.3, 0.4) is 0 Å². The average Bonchev–Trinajstić information content (AvgIpc) is 2.46. The van der Waals surface area contributed by atoms with Gasteiger partial charge in [0.25, 0.3) is 0 Å². The monoisotopic (exact) mass is 277 g/mol. The lowest BCUT2D eigenvalue weighted by Crippen LogP contribution is -2.47. The molecule has 1 aromatic carbocycles. The zero-order valence-electron chi connectivity index (χ0n) is 12.2. The normalized spacial score (nSPS) is 28.1. The first kappa shape index (κ1) is 13.9. The fraction of sp³-hybridized carbons (Fsp3) is 0.647. The highest BCUT2D eigenvalue weighted by atomic mass is 19.1. The van der Waals surface area contributed by atoms with Gasteiger partial charge in [-0.25, -0.2) is 4.39 Å². The first-order chi connectivity index (χ1) is 9.68. The molecule has 1 heterocycles. The van der Waals surface area contributed by atoms with Crippen molar-refractivity contribution in [1.29, 1.82) is 0 Å². The van der Waals surface area contributed by atoms with Crippen LogP contribution in [0.25, 0.3) is 0 Å². The van der Waals surface area contributed by atoms with Crippen molar-refractivity contribution in [3.05, 3.63) is 29.6 Å². The van der Waals surface area contributed by atoms with E-state index in [1.807, 2.05) is 6.07 Å². The highest BCUT2D eigenvalue weighted by molar-refractivity contribution is 5.56. The van der Waals surface area contributed by atoms with Crippen molar-refractivity contribution < 1.29 is 9.50 Å². The van der Waals surface area contributed by atoms with Crippen LogP contribution in [0.2, 0.25) is 0 Å². The van der Waals surface area contributed by atoms with Crippen molar-refractivity contribution in [2.24, 2.45) is 5.92 Å². The lowest BCUT2D eigenvalue weighted by atomic mass is 9.78. The molecule has 110 valence electrons. The predicted octanol–water partition coefficient (Wildman–Crippen LogP) is 4.04. The van der Waals surface area contributed by atoms with Crippen molar-refractivity contribution in [1.82, 2.24) is 0 Å². The molecule has 3 atom stereocenters. The molecule has 0 radical (unpaired) electrons. The van der Waals surface area contributed by atoms with Gasteiger partial charge in [0.2, 0.25) is 0 Å². The summed E-state index contributed by atoms with van der Waals surface area (Å²) in [7, 11) is 0. The highest BCUT2D eigenvalue weighted by Gasteiger charge is 2.34. The zero-order chi connectivity index (χ0) is 14.1. The fourth-order valence-corrected chi connectivity index (χ4v) is 4.11.